The molecule has 1 aliphatic rings. The van der Waals surface area contributed by atoms with Gasteiger partial charge in [-0.3, -0.25) is 4.79 Å². The summed E-state index contributed by atoms with van der Waals surface area (Å²) in [5.41, 5.74) is 0.412. The lowest BCUT2D eigenvalue weighted by Crippen LogP contribution is -2.36. The van der Waals surface area contributed by atoms with E-state index >= 15 is 0 Å². The van der Waals surface area contributed by atoms with Crippen LogP contribution in [0.4, 0.5) is 13.2 Å². The minimum Gasteiger partial charge on any atom is -0.507 e. The second-order valence-corrected chi connectivity index (χ2v) is 6.58. The van der Waals surface area contributed by atoms with Crippen molar-refractivity contribution in [1.29, 1.82) is 0 Å². The molecular weight excluding hydrogens is 361 g/mol. The number of phenolic OH excluding ortho intramolecular Hbond substituents is 1. The number of halogens is 3. The van der Waals surface area contributed by atoms with Crippen LogP contribution in [0.1, 0.15) is 23.2 Å². The lowest BCUT2D eigenvalue weighted by Gasteiger charge is -2.13. The van der Waals surface area contributed by atoms with Crippen LogP contribution < -0.4 is 5.32 Å². The number of hydrogen-bond acceptors (Lipinski definition) is 5. The number of carbonyl (C=O) groups excluding carboxylic acids is 1. The number of likely N-dealkylation sites (N-methyl/N-ethyl adjacent to an activating group) is 1. The summed E-state index contributed by atoms with van der Waals surface area (Å²) >= 11 is 0. The Morgan fingerprint density at radius 1 is 1.30 bits per heavy atom. The van der Waals surface area contributed by atoms with Gasteiger partial charge in [0.05, 0.1) is 23.0 Å². The highest BCUT2D eigenvalue weighted by Gasteiger charge is 2.32. The van der Waals surface area contributed by atoms with Gasteiger partial charge in [-0.15, -0.1) is 0 Å². The van der Waals surface area contributed by atoms with E-state index in [9.17, 15) is 23.1 Å². The summed E-state index contributed by atoms with van der Waals surface area (Å²) in [5.74, 6) is -0.466. The van der Waals surface area contributed by atoms with Gasteiger partial charge in [-0.1, -0.05) is 0 Å². The zero-order valence-electron chi connectivity index (χ0n) is 14.8. The molecule has 0 bridgehead atoms. The number of phenols is 1. The van der Waals surface area contributed by atoms with Crippen LogP contribution in [0, 0.1) is 6.92 Å². The molecule has 144 valence electrons. The number of carbonyl (C=O) groups is 1. The Balaban J connectivity index is 1.75. The molecule has 0 saturated carbocycles. The van der Waals surface area contributed by atoms with Gasteiger partial charge in [-0.25, -0.2) is 0 Å². The molecular formula is C18H19F3N4O2. The summed E-state index contributed by atoms with van der Waals surface area (Å²) in [6.45, 7) is 2.52. The topological polar surface area (TPSA) is 78.4 Å². The first-order valence-corrected chi connectivity index (χ1v) is 8.39. The van der Waals surface area contributed by atoms with Crippen LogP contribution in [0.5, 0.6) is 5.75 Å². The predicted molar refractivity (Wildman–Crippen MR) is 91.8 cm³/mol. The van der Waals surface area contributed by atoms with Crippen LogP contribution in [0.2, 0.25) is 0 Å². The van der Waals surface area contributed by atoms with E-state index in [4.69, 9.17) is 0 Å². The van der Waals surface area contributed by atoms with Gasteiger partial charge in [0, 0.05) is 25.7 Å². The Morgan fingerprint density at radius 2 is 2.04 bits per heavy atom. The molecule has 1 saturated heterocycles. The molecule has 1 amide bonds. The summed E-state index contributed by atoms with van der Waals surface area (Å²) in [5, 5.41) is 21.2. The first-order chi connectivity index (χ1) is 12.7. The first-order valence-electron chi connectivity index (χ1n) is 8.39. The van der Waals surface area contributed by atoms with Crippen molar-refractivity contribution in [3.05, 3.63) is 41.1 Å². The van der Waals surface area contributed by atoms with Crippen molar-refractivity contribution in [3.8, 4) is 17.0 Å². The fourth-order valence-electron chi connectivity index (χ4n) is 3.09. The van der Waals surface area contributed by atoms with Crippen LogP contribution in [-0.2, 0) is 17.5 Å². The summed E-state index contributed by atoms with van der Waals surface area (Å²) in [4.78, 5) is 13.5. The normalized spacial score (nSPS) is 17.6. The highest BCUT2D eigenvalue weighted by molar-refractivity contribution is 5.83. The van der Waals surface area contributed by atoms with Crippen LogP contribution in [0.15, 0.2) is 24.3 Å². The van der Waals surface area contributed by atoms with E-state index in [0.717, 1.165) is 12.5 Å². The largest absolute Gasteiger partial charge is 0.507 e. The minimum atomic E-state index is -4.53. The van der Waals surface area contributed by atoms with Gasteiger partial charge < -0.3 is 15.3 Å². The maximum atomic E-state index is 12.8. The third-order valence-electron chi connectivity index (χ3n) is 4.58. The SMILES string of the molecule is Cc1cc(C(F)(F)F)cc(O)c1-c1ccc(CNC2CCN(C)C2=O)nn1. The quantitative estimate of drug-likeness (QED) is 0.852. The van der Waals surface area contributed by atoms with E-state index in [1.165, 1.54) is 6.92 Å². The van der Waals surface area contributed by atoms with Crippen molar-refractivity contribution < 1.29 is 23.1 Å². The molecule has 1 atom stereocenters. The van der Waals surface area contributed by atoms with Crippen LogP contribution in [0.3, 0.4) is 0 Å². The molecule has 1 aliphatic heterocycles. The Labute approximate surface area is 154 Å². The Bertz CT molecular complexity index is 830. The molecule has 0 aliphatic carbocycles. The number of aromatic hydroxyl groups is 1. The van der Waals surface area contributed by atoms with Gasteiger partial charge in [0.25, 0.3) is 0 Å². The molecule has 3 rings (SSSR count). The summed E-state index contributed by atoms with van der Waals surface area (Å²) in [6, 6.07) is 4.64. The number of alkyl halides is 3. The Kier molecular flexibility index (Phi) is 5.05. The van der Waals surface area contributed by atoms with Gasteiger partial charge in [0.1, 0.15) is 5.75 Å². The lowest BCUT2D eigenvalue weighted by molar-refractivity contribution is -0.137. The Hall–Kier alpha value is -2.68. The predicted octanol–water partition coefficient (Wildman–Crippen LogP) is 2.50. The molecule has 27 heavy (non-hydrogen) atoms. The van der Waals surface area contributed by atoms with Gasteiger partial charge in [-0.2, -0.15) is 23.4 Å². The number of amides is 1. The van der Waals surface area contributed by atoms with Crippen molar-refractivity contribution in [3.63, 3.8) is 0 Å². The molecule has 0 spiro atoms. The third-order valence-corrected chi connectivity index (χ3v) is 4.58. The average molecular weight is 380 g/mol. The fraction of sp³-hybridized carbons (Fsp3) is 0.389. The van der Waals surface area contributed by atoms with Crippen molar-refractivity contribution in [2.45, 2.75) is 32.1 Å². The number of nitrogens with zero attached hydrogens (tertiary/aromatic N) is 3. The number of aromatic nitrogens is 2. The maximum absolute atomic E-state index is 12.8. The van der Waals surface area contributed by atoms with Crippen molar-refractivity contribution in [2.24, 2.45) is 0 Å². The zero-order chi connectivity index (χ0) is 19.8. The van der Waals surface area contributed by atoms with Crippen molar-refractivity contribution >= 4 is 5.91 Å². The second-order valence-electron chi connectivity index (χ2n) is 6.58. The highest BCUT2D eigenvalue weighted by atomic mass is 19.4. The van der Waals surface area contributed by atoms with Gasteiger partial charge >= 0.3 is 6.18 Å². The molecule has 6 nitrogen and oxygen atoms in total. The van der Waals surface area contributed by atoms with E-state index in [0.29, 0.717) is 24.8 Å². The monoisotopic (exact) mass is 380 g/mol. The van der Waals surface area contributed by atoms with Crippen LogP contribution in [-0.4, -0.2) is 45.7 Å². The molecule has 0 radical (unpaired) electrons. The van der Waals surface area contributed by atoms with Gasteiger partial charge in [-0.05, 0) is 43.2 Å². The first kappa shape index (κ1) is 19.1. The summed E-state index contributed by atoms with van der Waals surface area (Å²) in [7, 11) is 1.75. The smallest absolute Gasteiger partial charge is 0.416 e. The number of hydrogen-bond donors (Lipinski definition) is 2. The van der Waals surface area contributed by atoms with E-state index in [-0.39, 0.29) is 28.8 Å². The summed E-state index contributed by atoms with van der Waals surface area (Å²) < 4.78 is 38.5. The van der Waals surface area contributed by atoms with Crippen molar-refractivity contribution in [1.82, 2.24) is 20.4 Å². The van der Waals surface area contributed by atoms with E-state index in [2.05, 4.69) is 15.5 Å². The molecule has 2 aromatic rings. The van der Waals surface area contributed by atoms with Crippen molar-refractivity contribution in [2.75, 3.05) is 13.6 Å². The molecule has 2 N–H and O–H groups in total. The number of benzene rings is 1. The minimum absolute atomic E-state index is 0.0323. The van der Waals surface area contributed by atoms with E-state index in [1.54, 1.807) is 24.1 Å². The Morgan fingerprint density at radius 3 is 2.56 bits per heavy atom. The van der Waals surface area contributed by atoms with Crippen LogP contribution in [0.25, 0.3) is 11.3 Å². The van der Waals surface area contributed by atoms with Crippen LogP contribution >= 0.6 is 0 Å². The molecule has 1 aromatic heterocycles. The van der Waals surface area contributed by atoms with Gasteiger partial charge in [0.2, 0.25) is 5.91 Å². The second kappa shape index (κ2) is 7.15. The molecule has 1 fully saturated rings. The molecule has 2 heterocycles. The average Bonchev–Trinajstić information content (AvgIpc) is 2.91. The summed E-state index contributed by atoms with van der Waals surface area (Å²) in [6.07, 6.45) is -3.81. The molecule has 1 unspecified atom stereocenters. The lowest BCUT2D eigenvalue weighted by atomic mass is 10.0. The number of aryl methyl sites for hydroxylation is 1. The number of nitrogens with one attached hydrogen (secondary N) is 1. The number of likely N-dealkylation sites (tertiary alicyclic amines) is 1. The zero-order valence-corrected chi connectivity index (χ0v) is 14.8. The maximum Gasteiger partial charge on any atom is 0.416 e. The third kappa shape index (κ3) is 4.02. The van der Waals surface area contributed by atoms with E-state index < -0.39 is 17.5 Å². The van der Waals surface area contributed by atoms with Gasteiger partial charge in [0.15, 0.2) is 0 Å². The van der Waals surface area contributed by atoms with E-state index in [1.807, 2.05) is 0 Å². The standard InChI is InChI=1S/C18H19F3N4O2/c1-10-7-11(18(19,20)21)8-15(26)16(10)13-4-3-12(23-24-13)9-22-14-5-6-25(2)17(14)27/h3-4,7-8,14,22,26H,5-6,9H2,1-2H3. The highest BCUT2D eigenvalue weighted by Crippen LogP contribution is 2.38. The molecule has 9 heteroatoms. The molecule has 1 aromatic carbocycles. The fourth-order valence-corrected chi connectivity index (χ4v) is 3.09. The number of rotatable bonds is 4.